The normalized spacial score (nSPS) is 29.1. The van der Waals surface area contributed by atoms with Gasteiger partial charge in [-0.05, 0) is 48.9 Å². The molecule has 5 nitrogen and oxygen atoms in total. The van der Waals surface area contributed by atoms with Gasteiger partial charge in [-0.2, -0.15) is 0 Å². The number of carbonyl (C=O) groups excluding carboxylic acids is 1. The van der Waals surface area contributed by atoms with Crippen LogP contribution in [0.15, 0.2) is 36.4 Å². The summed E-state index contributed by atoms with van der Waals surface area (Å²) in [6.07, 6.45) is 5.70. The van der Waals surface area contributed by atoms with Crippen LogP contribution in [0, 0.1) is 23.7 Å². The highest BCUT2D eigenvalue weighted by molar-refractivity contribution is 5.96. The highest BCUT2D eigenvalue weighted by atomic mass is 16.5. The molecule has 0 aliphatic heterocycles. The summed E-state index contributed by atoms with van der Waals surface area (Å²) in [4.78, 5) is 24.2. The molecule has 0 heterocycles. The number of anilines is 1. The van der Waals surface area contributed by atoms with E-state index in [4.69, 9.17) is 4.74 Å². The van der Waals surface area contributed by atoms with E-state index in [1.807, 2.05) is 12.2 Å². The van der Waals surface area contributed by atoms with Crippen molar-refractivity contribution in [1.29, 1.82) is 0 Å². The predicted molar refractivity (Wildman–Crippen MR) is 81.6 cm³/mol. The molecule has 4 unspecified atom stereocenters. The summed E-state index contributed by atoms with van der Waals surface area (Å²) in [5.41, 5.74) is 0.653. The summed E-state index contributed by atoms with van der Waals surface area (Å²) in [6, 6.07) is 7.03. The molecule has 0 saturated heterocycles. The van der Waals surface area contributed by atoms with Gasteiger partial charge in [0.2, 0.25) is 5.91 Å². The van der Waals surface area contributed by atoms with Gasteiger partial charge in [0.05, 0.1) is 18.9 Å². The number of rotatable bonds is 4. The van der Waals surface area contributed by atoms with Crippen LogP contribution in [0.4, 0.5) is 5.69 Å². The maximum atomic E-state index is 12.6. The van der Waals surface area contributed by atoms with Crippen LogP contribution in [0.5, 0.6) is 5.75 Å². The molecule has 1 aromatic carbocycles. The molecule has 3 aliphatic rings. The number of fused-ring (bicyclic) bond motifs is 2. The zero-order chi connectivity index (χ0) is 15.7. The molecule has 0 radical (unpaired) electrons. The zero-order valence-corrected chi connectivity index (χ0v) is 12.4. The number of methoxy groups -OCH3 is 1. The maximum absolute atomic E-state index is 12.6. The number of carboxylic acid groups (broad SMARTS) is 1. The van der Waals surface area contributed by atoms with Crippen molar-refractivity contribution in [3.8, 4) is 5.75 Å². The number of nitrogens with one attached hydrogen (secondary N) is 1. The molecule has 0 spiro atoms. The molecule has 22 heavy (non-hydrogen) atoms. The lowest BCUT2D eigenvalue weighted by Gasteiger charge is -2.41. The lowest BCUT2D eigenvalue weighted by atomic mass is 9.62. The van der Waals surface area contributed by atoms with Crippen LogP contribution in [0.25, 0.3) is 0 Å². The molecule has 1 fully saturated rings. The van der Waals surface area contributed by atoms with Crippen molar-refractivity contribution in [1.82, 2.24) is 0 Å². The Hall–Kier alpha value is -2.30. The third-order valence-electron chi connectivity index (χ3n) is 4.69. The number of carboxylic acids is 1. The van der Waals surface area contributed by atoms with Gasteiger partial charge in [-0.25, -0.2) is 0 Å². The number of ether oxygens (including phenoxy) is 1. The van der Waals surface area contributed by atoms with E-state index < -0.39 is 17.8 Å². The Kier molecular flexibility index (Phi) is 3.88. The third kappa shape index (κ3) is 2.58. The van der Waals surface area contributed by atoms with Crippen LogP contribution >= 0.6 is 0 Å². The minimum absolute atomic E-state index is 0.0179. The van der Waals surface area contributed by atoms with Gasteiger partial charge in [0.15, 0.2) is 0 Å². The van der Waals surface area contributed by atoms with Gasteiger partial charge in [0.1, 0.15) is 5.75 Å². The maximum Gasteiger partial charge on any atom is 0.307 e. The predicted octanol–water partition coefficient (Wildman–Crippen LogP) is 2.55. The van der Waals surface area contributed by atoms with E-state index in [1.165, 1.54) is 0 Å². The second-order valence-electron chi connectivity index (χ2n) is 5.90. The van der Waals surface area contributed by atoms with E-state index in [9.17, 15) is 14.7 Å². The molecule has 0 aromatic heterocycles. The Morgan fingerprint density at radius 1 is 1.09 bits per heavy atom. The first-order valence-corrected chi connectivity index (χ1v) is 7.46. The van der Waals surface area contributed by atoms with Crippen LogP contribution in [0.3, 0.4) is 0 Å². The van der Waals surface area contributed by atoms with Crippen molar-refractivity contribution in [3.05, 3.63) is 36.4 Å². The molecule has 5 heteroatoms. The van der Waals surface area contributed by atoms with Gasteiger partial charge in [-0.1, -0.05) is 12.2 Å². The first kappa shape index (κ1) is 14.6. The second-order valence-corrected chi connectivity index (χ2v) is 5.90. The monoisotopic (exact) mass is 301 g/mol. The zero-order valence-electron chi connectivity index (χ0n) is 12.4. The number of amides is 1. The van der Waals surface area contributed by atoms with Crippen LogP contribution < -0.4 is 10.1 Å². The summed E-state index contributed by atoms with van der Waals surface area (Å²) in [7, 11) is 1.58. The number of allylic oxidation sites excluding steroid dienone is 2. The van der Waals surface area contributed by atoms with Gasteiger partial charge in [-0.15, -0.1) is 0 Å². The fraction of sp³-hybridized carbons (Fsp3) is 0.412. The molecule has 116 valence electrons. The quantitative estimate of drug-likeness (QED) is 0.838. The Labute approximate surface area is 129 Å². The molecule has 2 N–H and O–H groups in total. The van der Waals surface area contributed by atoms with E-state index in [0.29, 0.717) is 11.4 Å². The van der Waals surface area contributed by atoms with E-state index in [1.54, 1.807) is 31.4 Å². The summed E-state index contributed by atoms with van der Waals surface area (Å²) >= 11 is 0. The van der Waals surface area contributed by atoms with Crippen LogP contribution in [0.2, 0.25) is 0 Å². The van der Waals surface area contributed by atoms with Gasteiger partial charge >= 0.3 is 5.97 Å². The summed E-state index contributed by atoms with van der Waals surface area (Å²) in [5.74, 6) is -1.52. The van der Waals surface area contributed by atoms with E-state index in [2.05, 4.69) is 5.32 Å². The summed E-state index contributed by atoms with van der Waals surface area (Å²) in [5, 5.41) is 12.3. The largest absolute Gasteiger partial charge is 0.497 e. The molecule has 1 amide bonds. The van der Waals surface area contributed by atoms with E-state index in [-0.39, 0.29) is 17.7 Å². The molecule has 1 aromatic rings. The molecule has 1 saturated carbocycles. The Bertz CT molecular complexity index is 608. The van der Waals surface area contributed by atoms with Crippen LogP contribution in [-0.2, 0) is 9.59 Å². The standard InChI is InChI=1S/C17H19NO4/c1-22-13-8-6-12(7-9-13)18-16(19)14-10-2-4-11(5-3-10)15(14)17(20)21/h2,4,6-11,14-15H,3,5H2,1H3,(H,18,19)(H,20,21). The van der Waals surface area contributed by atoms with Gasteiger partial charge in [0, 0.05) is 5.69 Å². The van der Waals surface area contributed by atoms with Gasteiger partial charge < -0.3 is 15.2 Å². The van der Waals surface area contributed by atoms with Crippen molar-refractivity contribution in [2.24, 2.45) is 23.7 Å². The van der Waals surface area contributed by atoms with Crippen molar-refractivity contribution in [2.45, 2.75) is 12.8 Å². The molecule has 4 rings (SSSR count). The van der Waals surface area contributed by atoms with E-state index in [0.717, 1.165) is 12.8 Å². The van der Waals surface area contributed by atoms with Crippen LogP contribution in [0.1, 0.15) is 12.8 Å². The Morgan fingerprint density at radius 2 is 1.68 bits per heavy atom. The number of hydrogen-bond acceptors (Lipinski definition) is 3. The lowest BCUT2D eigenvalue weighted by molar-refractivity contribution is -0.151. The second kappa shape index (κ2) is 5.83. The van der Waals surface area contributed by atoms with Gasteiger partial charge in [-0.3, -0.25) is 9.59 Å². The minimum atomic E-state index is -0.881. The molecular weight excluding hydrogens is 282 g/mol. The number of carbonyl (C=O) groups is 2. The lowest BCUT2D eigenvalue weighted by Crippen LogP contribution is -2.47. The third-order valence-corrected chi connectivity index (χ3v) is 4.69. The molecule has 3 aliphatic carbocycles. The number of aliphatic carboxylic acids is 1. The first-order chi connectivity index (χ1) is 10.6. The first-order valence-electron chi connectivity index (χ1n) is 7.46. The summed E-state index contributed by atoms with van der Waals surface area (Å²) in [6.45, 7) is 0. The van der Waals surface area contributed by atoms with Crippen LogP contribution in [-0.4, -0.2) is 24.1 Å². The molecular formula is C17H19NO4. The molecule has 2 bridgehead atoms. The number of hydrogen-bond donors (Lipinski definition) is 2. The smallest absolute Gasteiger partial charge is 0.307 e. The van der Waals surface area contributed by atoms with Crippen molar-refractivity contribution in [3.63, 3.8) is 0 Å². The topological polar surface area (TPSA) is 75.6 Å². The average Bonchev–Trinajstić information content (AvgIpc) is 2.55. The average molecular weight is 301 g/mol. The minimum Gasteiger partial charge on any atom is -0.497 e. The van der Waals surface area contributed by atoms with Crippen molar-refractivity contribution < 1.29 is 19.4 Å². The van der Waals surface area contributed by atoms with Gasteiger partial charge in [0.25, 0.3) is 0 Å². The fourth-order valence-electron chi connectivity index (χ4n) is 3.59. The fourth-order valence-corrected chi connectivity index (χ4v) is 3.59. The number of benzene rings is 1. The Morgan fingerprint density at radius 3 is 2.18 bits per heavy atom. The SMILES string of the molecule is COc1ccc(NC(=O)C2C3C=CC(CC3)C2C(=O)O)cc1. The highest BCUT2D eigenvalue weighted by Crippen LogP contribution is 2.45. The van der Waals surface area contributed by atoms with E-state index >= 15 is 0 Å². The summed E-state index contributed by atoms with van der Waals surface area (Å²) < 4.78 is 5.08. The highest BCUT2D eigenvalue weighted by Gasteiger charge is 2.48. The molecule has 4 atom stereocenters. The van der Waals surface area contributed by atoms with Crippen molar-refractivity contribution >= 4 is 17.6 Å². The van der Waals surface area contributed by atoms with Crippen molar-refractivity contribution in [2.75, 3.05) is 12.4 Å². The Balaban J connectivity index is 1.78.